The Labute approximate surface area is 306 Å². The molecule has 10 nitrogen and oxygen atoms in total. The fourth-order valence-corrected chi connectivity index (χ4v) is 8.68. The fourth-order valence-electron chi connectivity index (χ4n) is 8.68. The van der Waals surface area contributed by atoms with E-state index < -0.39 is 46.0 Å². The maximum Gasteiger partial charge on any atom is 0.302 e. The molecular weight excluding hydrogens is 662 g/mol. The van der Waals surface area contributed by atoms with E-state index in [0.717, 1.165) is 12.0 Å². The van der Waals surface area contributed by atoms with Crippen molar-refractivity contribution in [2.24, 2.45) is 11.8 Å². The number of carbonyl (C=O) groups excluding carboxylic acids is 4. The molecule has 52 heavy (non-hydrogen) atoms. The molecule has 2 N–H and O–H groups in total. The maximum atomic E-state index is 14.9. The van der Waals surface area contributed by atoms with Crippen molar-refractivity contribution < 1.29 is 43.2 Å². The van der Waals surface area contributed by atoms with Gasteiger partial charge in [0, 0.05) is 41.9 Å². The van der Waals surface area contributed by atoms with E-state index in [0.29, 0.717) is 47.3 Å². The minimum absolute atomic E-state index is 0.0205. The van der Waals surface area contributed by atoms with Crippen LogP contribution in [0.3, 0.4) is 0 Å². The van der Waals surface area contributed by atoms with E-state index in [1.54, 1.807) is 19.1 Å². The number of phenolic OH excluding ortho intramolecular Hbond substituents is 1. The molecule has 0 aromatic heterocycles. The van der Waals surface area contributed by atoms with Crippen molar-refractivity contribution in [1.29, 1.82) is 0 Å². The first-order valence-electron chi connectivity index (χ1n) is 18.2. The van der Waals surface area contributed by atoms with Gasteiger partial charge in [0.1, 0.15) is 35.0 Å². The van der Waals surface area contributed by atoms with Crippen LogP contribution in [0.1, 0.15) is 109 Å². The molecule has 1 amide bonds. The van der Waals surface area contributed by atoms with Gasteiger partial charge in [-0.3, -0.25) is 19.2 Å². The highest BCUT2D eigenvalue weighted by Crippen LogP contribution is 2.68. The van der Waals surface area contributed by atoms with Crippen molar-refractivity contribution in [3.05, 3.63) is 69.4 Å². The molecule has 10 heteroatoms. The molecule has 7 rings (SSSR count). The zero-order chi connectivity index (χ0) is 38.0. The third-order valence-corrected chi connectivity index (χ3v) is 11.2. The van der Waals surface area contributed by atoms with Crippen LogP contribution in [0.2, 0.25) is 0 Å². The van der Waals surface area contributed by atoms with Crippen LogP contribution in [-0.2, 0) is 30.3 Å². The van der Waals surface area contributed by atoms with Crippen LogP contribution in [0, 0.1) is 11.8 Å². The van der Waals surface area contributed by atoms with Gasteiger partial charge in [0.2, 0.25) is 5.91 Å². The second kappa shape index (κ2) is 13.2. The molecule has 6 aliphatic rings. The third kappa shape index (κ3) is 5.93. The average Bonchev–Trinajstić information content (AvgIpc) is 3.21. The lowest BCUT2D eigenvalue weighted by Gasteiger charge is -2.56. The zero-order valence-electron chi connectivity index (χ0n) is 31.8. The summed E-state index contributed by atoms with van der Waals surface area (Å²) in [5.74, 6) is -1.99. The maximum absolute atomic E-state index is 14.9. The van der Waals surface area contributed by atoms with Crippen LogP contribution in [0.15, 0.2) is 52.7 Å². The summed E-state index contributed by atoms with van der Waals surface area (Å²) in [6, 6.07) is 0. The number of ether oxygens (including phenoxy) is 4. The number of Topliss-reactive ketones (excluding diaryl/α,β-unsaturated/α-hetero) is 2. The van der Waals surface area contributed by atoms with Gasteiger partial charge in [-0.25, -0.2) is 0 Å². The number of rotatable bonds is 11. The second-order valence-electron chi connectivity index (χ2n) is 16.1. The van der Waals surface area contributed by atoms with Crippen LogP contribution >= 0.6 is 0 Å². The predicted molar refractivity (Wildman–Crippen MR) is 196 cm³/mol. The molecule has 3 heterocycles. The zero-order valence-corrected chi connectivity index (χ0v) is 31.8. The van der Waals surface area contributed by atoms with Gasteiger partial charge in [0.15, 0.2) is 22.8 Å². The van der Waals surface area contributed by atoms with E-state index in [4.69, 9.17) is 18.9 Å². The fraction of sp³-hybridized carbons (Fsp3) is 0.524. The van der Waals surface area contributed by atoms with E-state index in [1.807, 2.05) is 52.8 Å². The Morgan fingerprint density at radius 3 is 2.38 bits per heavy atom. The summed E-state index contributed by atoms with van der Waals surface area (Å²) in [6.07, 6.45) is 13.6. The van der Waals surface area contributed by atoms with Crippen LogP contribution in [-0.4, -0.2) is 64.1 Å². The summed E-state index contributed by atoms with van der Waals surface area (Å²) < 4.78 is 25.8. The Bertz CT molecular complexity index is 1900. The van der Waals surface area contributed by atoms with Crippen molar-refractivity contribution >= 4 is 29.5 Å². The van der Waals surface area contributed by atoms with Gasteiger partial charge < -0.3 is 29.4 Å². The third-order valence-electron chi connectivity index (χ3n) is 11.2. The lowest BCUT2D eigenvalue weighted by Crippen LogP contribution is -2.72. The Morgan fingerprint density at radius 1 is 1.00 bits per heavy atom. The molecule has 1 aromatic carbocycles. The van der Waals surface area contributed by atoms with Crippen molar-refractivity contribution in [2.75, 3.05) is 13.2 Å². The van der Waals surface area contributed by atoms with Crippen molar-refractivity contribution in [3.8, 4) is 17.2 Å². The lowest BCUT2D eigenvalue weighted by atomic mass is 9.51. The first-order valence-corrected chi connectivity index (χ1v) is 18.2. The number of hydrogen-bond acceptors (Lipinski definition) is 9. The standard InChI is InChI=1S/C42H51NO9/c1-23(2)11-10-16-40(9)17-15-28-33(45)32-34(46)30-21-27-22-31-39(7,8)52-41(37(27)47,18-14-25(5)38(48)43-19-20-49-26(6)44)42(30,31)51-36(32)29(35(28)50-40)13-12-24(3)4/h11-12,14-15,17,21,27,31,45H,10,13,16,18-20,22H2,1-9H3,(H,43,48)/b25-14-. The molecule has 4 bridgehead atoms. The number of amides is 1. The molecule has 1 aromatic rings. The summed E-state index contributed by atoms with van der Waals surface area (Å²) in [6.45, 7) is 17.0. The van der Waals surface area contributed by atoms with Crippen molar-refractivity contribution in [3.63, 3.8) is 0 Å². The number of fused-ring (bicyclic) bond motifs is 2. The topological polar surface area (TPSA) is 137 Å². The number of benzene rings is 1. The summed E-state index contributed by atoms with van der Waals surface area (Å²) in [5, 5.41) is 14.6. The minimum Gasteiger partial charge on any atom is -0.506 e. The molecular formula is C42H51NO9. The quantitative estimate of drug-likeness (QED) is 0.109. The number of nitrogens with one attached hydrogen (secondary N) is 1. The van der Waals surface area contributed by atoms with Gasteiger partial charge in [-0.1, -0.05) is 35.5 Å². The molecule has 278 valence electrons. The van der Waals surface area contributed by atoms with Crippen molar-refractivity contribution in [2.45, 2.75) is 117 Å². The van der Waals surface area contributed by atoms with E-state index in [-0.39, 0.29) is 48.3 Å². The number of esters is 1. The molecule has 2 fully saturated rings. The molecule has 1 saturated carbocycles. The number of allylic oxidation sites excluding steroid dienone is 5. The summed E-state index contributed by atoms with van der Waals surface area (Å²) in [4.78, 5) is 53.6. The average molecular weight is 714 g/mol. The number of phenols is 1. The van der Waals surface area contributed by atoms with E-state index in [9.17, 15) is 24.3 Å². The van der Waals surface area contributed by atoms with Gasteiger partial charge in [-0.05, 0) is 93.2 Å². The first-order chi connectivity index (χ1) is 24.4. The molecule has 0 radical (unpaired) electrons. The predicted octanol–water partition coefficient (Wildman–Crippen LogP) is 6.83. The van der Waals surface area contributed by atoms with Crippen molar-refractivity contribution in [1.82, 2.24) is 5.32 Å². The highest BCUT2D eigenvalue weighted by Gasteiger charge is 2.81. The number of carbonyl (C=O) groups is 4. The van der Waals surface area contributed by atoms with Gasteiger partial charge >= 0.3 is 5.97 Å². The van der Waals surface area contributed by atoms with Crippen LogP contribution in [0.5, 0.6) is 17.2 Å². The van der Waals surface area contributed by atoms with E-state index in [2.05, 4.69) is 25.2 Å². The largest absolute Gasteiger partial charge is 0.506 e. The molecule has 1 saturated heterocycles. The molecule has 3 aliphatic heterocycles. The molecule has 3 aliphatic carbocycles. The summed E-state index contributed by atoms with van der Waals surface area (Å²) in [5.41, 5.74) is -0.707. The summed E-state index contributed by atoms with van der Waals surface area (Å²) >= 11 is 0. The monoisotopic (exact) mass is 713 g/mol. The van der Waals surface area contributed by atoms with Gasteiger partial charge in [0.05, 0.1) is 17.7 Å². The smallest absolute Gasteiger partial charge is 0.302 e. The van der Waals surface area contributed by atoms with Crippen LogP contribution < -0.4 is 14.8 Å². The Hall–Kier alpha value is -4.44. The minimum atomic E-state index is -1.63. The Morgan fingerprint density at radius 2 is 1.71 bits per heavy atom. The van der Waals surface area contributed by atoms with Crippen LogP contribution in [0.4, 0.5) is 0 Å². The molecule has 5 unspecified atom stereocenters. The first kappa shape index (κ1) is 37.3. The molecule has 5 atom stereocenters. The van der Waals surface area contributed by atoms with E-state index >= 15 is 0 Å². The number of ketones is 2. The Balaban J connectivity index is 1.48. The van der Waals surface area contributed by atoms with Crippen LogP contribution in [0.25, 0.3) is 6.08 Å². The molecule has 1 spiro atoms. The Kier molecular flexibility index (Phi) is 9.48. The lowest BCUT2D eigenvalue weighted by molar-refractivity contribution is -0.171. The summed E-state index contributed by atoms with van der Waals surface area (Å²) in [7, 11) is 0. The highest BCUT2D eigenvalue weighted by atomic mass is 16.6. The van der Waals surface area contributed by atoms with Gasteiger partial charge in [0.25, 0.3) is 0 Å². The second-order valence-corrected chi connectivity index (χ2v) is 16.1. The number of hydrogen-bond donors (Lipinski definition) is 2. The SMILES string of the molecule is CC(=O)OCCNC(=O)/C(C)=C\CC12OC(C)(C)C3CC(C=C4C(=O)c5c(O)c6c(c(CC=C(C)C)c5OC431)OC(C)(CCC=C(C)C)C=C6)C2=O. The highest BCUT2D eigenvalue weighted by molar-refractivity contribution is 6.19. The van der Waals surface area contributed by atoms with Gasteiger partial charge in [-0.2, -0.15) is 0 Å². The number of aromatic hydroxyl groups is 1. The van der Waals surface area contributed by atoms with E-state index in [1.165, 1.54) is 12.5 Å². The van der Waals surface area contributed by atoms with Gasteiger partial charge in [-0.15, -0.1) is 0 Å². The normalized spacial score (nSPS) is 28.8.